The predicted molar refractivity (Wildman–Crippen MR) is 117 cm³/mol. The zero-order valence-corrected chi connectivity index (χ0v) is 18.8. The summed E-state index contributed by atoms with van der Waals surface area (Å²) in [4.78, 5) is 24.4. The Kier molecular flexibility index (Phi) is 8.12. The summed E-state index contributed by atoms with van der Waals surface area (Å²) in [6.45, 7) is 9.59. The molecule has 0 atom stereocenters. The first kappa shape index (κ1) is 24.3. The number of non-ortho nitro benzene ring substituents is 1. The quantitative estimate of drug-likeness (QED) is 0.336. The lowest BCUT2D eigenvalue weighted by atomic mass is 10.2. The maximum absolute atomic E-state index is 12.4. The van der Waals surface area contributed by atoms with Gasteiger partial charge in [-0.1, -0.05) is 6.07 Å². The lowest BCUT2D eigenvalue weighted by Crippen LogP contribution is -2.42. The normalized spacial score (nSPS) is 11.7. The van der Waals surface area contributed by atoms with Crippen molar-refractivity contribution < 1.29 is 22.3 Å². The van der Waals surface area contributed by atoms with Crippen LogP contribution in [-0.2, 0) is 10.1 Å². The van der Waals surface area contributed by atoms with Gasteiger partial charge in [0.1, 0.15) is 10.6 Å². The smallest absolute Gasteiger partial charge is 0.339 e. The number of nitro groups is 1. The number of carbonyl (C=O) groups excluding carboxylic acids is 1. The number of carbonyl (C=O) groups is 1. The molecule has 9 nitrogen and oxygen atoms in total. The molecule has 0 heterocycles. The van der Waals surface area contributed by atoms with Gasteiger partial charge in [0, 0.05) is 42.9 Å². The number of nitro benzene ring substituents is 1. The molecule has 0 fully saturated rings. The second kappa shape index (κ2) is 10.4. The van der Waals surface area contributed by atoms with Crippen molar-refractivity contribution in [3.05, 3.63) is 64.2 Å². The fourth-order valence-corrected chi connectivity index (χ4v) is 4.07. The highest BCUT2D eigenvalue weighted by Crippen LogP contribution is 2.22. The number of hydrogen-bond acceptors (Lipinski definition) is 7. The van der Waals surface area contributed by atoms with Gasteiger partial charge in [0.25, 0.3) is 11.6 Å². The first-order valence-electron chi connectivity index (χ1n) is 9.84. The molecule has 1 N–H and O–H groups in total. The number of benzene rings is 2. The van der Waals surface area contributed by atoms with Gasteiger partial charge in [-0.05, 0) is 58.0 Å². The molecule has 0 aliphatic rings. The summed E-state index contributed by atoms with van der Waals surface area (Å²) >= 11 is 0. The molecule has 0 radical (unpaired) electrons. The van der Waals surface area contributed by atoms with Gasteiger partial charge in [-0.25, -0.2) is 0 Å². The summed E-state index contributed by atoms with van der Waals surface area (Å²) in [5, 5.41) is 13.7. The van der Waals surface area contributed by atoms with Crippen LogP contribution < -0.4 is 9.50 Å². The van der Waals surface area contributed by atoms with E-state index < -0.39 is 15.0 Å². The number of amides is 1. The average molecular weight is 450 g/mol. The van der Waals surface area contributed by atoms with Crippen molar-refractivity contribution in [1.82, 2.24) is 10.2 Å². The molecule has 0 aromatic heterocycles. The van der Waals surface area contributed by atoms with Crippen LogP contribution in [0.25, 0.3) is 0 Å². The molecule has 0 aliphatic carbocycles. The highest BCUT2D eigenvalue weighted by Gasteiger charge is 2.20. The molecule has 0 saturated heterocycles. The maximum atomic E-state index is 12.4. The summed E-state index contributed by atoms with van der Waals surface area (Å²) in [6, 6.07) is 10.9. The van der Waals surface area contributed by atoms with Crippen molar-refractivity contribution in [3.63, 3.8) is 0 Å². The molecule has 2 aromatic rings. The van der Waals surface area contributed by atoms with Crippen LogP contribution in [0.5, 0.6) is 5.75 Å². The average Bonchev–Trinajstić information content (AvgIpc) is 2.70. The highest BCUT2D eigenvalue weighted by molar-refractivity contribution is 7.87. The molecule has 0 saturated carbocycles. The van der Waals surface area contributed by atoms with E-state index in [1.54, 1.807) is 0 Å². The topological polar surface area (TPSA) is 119 Å². The Hall–Kier alpha value is -2.98. The van der Waals surface area contributed by atoms with Crippen molar-refractivity contribution in [2.75, 3.05) is 13.1 Å². The molecule has 2 rings (SSSR count). The van der Waals surface area contributed by atoms with Crippen LogP contribution in [0.2, 0.25) is 0 Å². The van der Waals surface area contributed by atoms with Crippen LogP contribution in [0.1, 0.15) is 38.1 Å². The minimum absolute atomic E-state index is 0.00570. The summed E-state index contributed by atoms with van der Waals surface area (Å²) in [5.74, 6) is -0.283. The van der Waals surface area contributed by atoms with Gasteiger partial charge >= 0.3 is 10.1 Å². The van der Waals surface area contributed by atoms with E-state index in [1.165, 1.54) is 42.5 Å². The lowest BCUT2D eigenvalue weighted by molar-refractivity contribution is -0.385. The molecule has 2 aromatic carbocycles. The Labute approximate surface area is 182 Å². The molecule has 0 aliphatic heterocycles. The van der Waals surface area contributed by atoms with Crippen LogP contribution in [0.3, 0.4) is 0 Å². The van der Waals surface area contributed by atoms with Crippen molar-refractivity contribution in [1.29, 1.82) is 0 Å². The first-order chi connectivity index (χ1) is 14.5. The van der Waals surface area contributed by atoms with Crippen LogP contribution in [0, 0.1) is 10.1 Å². The van der Waals surface area contributed by atoms with Crippen molar-refractivity contribution >= 4 is 21.7 Å². The fourth-order valence-electron chi connectivity index (χ4n) is 3.10. The van der Waals surface area contributed by atoms with Crippen molar-refractivity contribution in [3.8, 4) is 5.75 Å². The molecular weight excluding hydrogens is 422 g/mol. The zero-order chi connectivity index (χ0) is 23.2. The SMILES string of the molecule is CC(C)N(CCNC(=O)c1ccc(OS(=O)(=O)c2cccc([N+](=O)[O-])c2)cc1)C(C)C. The molecule has 31 heavy (non-hydrogen) atoms. The number of hydrogen-bond donors (Lipinski definition) is 1. The Morgan fingerprint density at radius 2 is 1.71 bits per heavy atom. The molecule has 10 heteroatoms. The van der Waals surface area contributed by atoms with E-state index >= 15 is 0 Å². The third-order valence-electron chi connectivity index (χ3n) is 4.62. The Morgan fingerprint density at radius 1 is 1.10 bits per heavy atom. The van der Waals surface area contributed by atoms with E-state index in [4.69, 9.17) is 4.18 Å². The van der Waals surface area contributed by atoms with Crippen LogP contribution in [0.15, 0.2) is 53.4 Å². The monoisotopic (exact) mass is 449 g/mol. The molecule has 0 bridgehead atoms. The molecule has 168 valence electrons. The van der Waals surface area contributed by atoms with E-state index in [0.29, 0.717) is 30.7 Å². The molecule has 0 spiro atoms. The highest BCUT2D eigenvalue weighted by atomic mass is 32.2. The van der Waals surface area contributed by atoms with Crippen molar-refractivity contribution in [2.24, 2.45) is 0 Å². The van der Waals surface area contributed by atoms with Gasteiger partial charge < -0.3 is 9.50 Å². The van der Waals surface area contributed by atoms with Crippen LogP contribution >= 0.6 is 0 Å². The second-order valence-electron chi connectivity index (χ2n) is 7.50. The largest absolute Gasteiger partial charge is 0.379 e. The van der Waals surface area contributed by atoms with Gasteiger partial charge in [0.05, 0.1) is 4.92 Å². The minimum atomic E-state index is -4.25. The molecule has 0 unspecified atom stereocenters. The summed E-state index contributed by atoms with van der Waals surface area (Å²) in [6.07, 6.45) is 0. The van der Waals surface area contributed by atoms with Gasteiger partial charge in [0.2, 0.25) is 0 Å². The Morgan fingerprint density at radius 3 is 2.26 bits per heavy atom. The zero-order valence-electron chi connectivity index (χ0n) is 17.9. The van der Waals surface area contributed by atoms with Crippen LogP contribution in [-0.4, -0.2) is 49.3 Å². The van der Waals surface area contributed by atoms with E-state index in [-0.39, 0.29) is 22.2 Å². The Balaban J connectivity index is 2.00. The maximum Gasteiger partial charge on any atom is 0.339 e. The van der Waals surface area contributed by atoms with Gasteiger partial charge in [-0.3, -0.25) is 19.8 Å². The van der Waals surface area contributed by atoms with E-state index in [1.807, 2.05) is 0 Å². The Bertz CT molecular complexity index is 1010. The summed E-state index contributed by atoms with van der Waals surface area (Å²) in [7, 11) is -4.25. The number of nitrogens with zero attached hydrogens (tertiary/aromatic N) is 2. The number of rotatable bonds is 10. The van der Waals surface area contributed by atoms with Gasteiger partial charge in [0.15, 0.2) is 0 Å². The van der Waals surface area contributed by atoms with Gasteiger partial charge in [-0.2, -0.15) is 8.42 Å². The predicted octanol–water partition coefficient (Wildman–Crippen LogP) is 3.21. The minimum Gasteiger partial charge on any atom is -0.379 e. The lowest BCUT2D eigenvalue weighted by Gasteiger charge is -2.30. The second-order valence-corrected chi connectivity index (χ2v) is 9.04. The van der Waals surface area contributed by atoms with E-state index in [0.717, 1.165) is 6.07 Å². The first-order valence-corrected chi connectivity index (χ1v) is 11.2. The van der Waals surface area contributed by atoms with Crippen molar-refractivity contribution in [2.45, 2.75) is 44.7 Å². The van der Waals surface area contributed by atoms with Gasteiger partial charge in [-0.15, -0.1) is 0 Å². The van der Waals surface area contributed by atoms with E-state index in [2.05, 4.69) is 37.9 Å². The number of nitrogens with one attached hydrogen (secondary N) is 1. The standard InChI is InChI=1S/C21H27N3O6S/c1-15(2)23(16(3)4)13-12-22-21(25)17-8-10-19(11-9-17)30-31(28,29)20-7-5-6-18(14-20)24(26)27/h5-11,14-16H,12-13H2,1-4H3,(H,22,25). The third-order valence-corrected chi connectivity index (χ3v) is 5.86. The molecular formula is C21H27N3O6S. The third kappa shape index (κ3) is 6.76. The summed E-state index contributed by atoms with van der Waals surface area (Å²) < 4.78 is 29.8. The van der Waals surface area contributed by atoms with E-state index in [9.17, 15) is 23.3 Å². The fraction of sp³-hybridized carbons (Fsp3) is 0.381. The molecule has 1 amide bonds. The van der Waals surface area contributed by atoms with Crippen LogP contribution in [0.4, 0.5) is 5.69 Å². The summed E-state index contributed by atoms with van der Waals surface area (Å²) in [5.41, 5.74) is 0.00549.